The van der Waals surface area contributed by atoms with Crippen molar-refractivity contribution in [2.45, 2.75) is 18.3 Å². The van der Waals surface area contributed by atoms with E-state index in [0.29, 0.717) is 15.6 Å². The minimum Gasteiger partial charge on any atom is -0.316 e. The highest BCUT2D eigenvalue weighted by atomic mass is 35.5. The summed E-state index contributed by atoms with van der Waals surface area (Å²) in [6.45, 7) is 1.67. The van der Waals surface area contributed by atoms with Gasteiger partial charge in [-0.25, -0.2) is 4.39 Å². The van der Waals surface area contributed by atoms with E-state index in [1.807, 2.05) is 24.3 Å². The smallest absolute Gasteiger partial charge is 0.128 e. The van der Waals surface area contributed by atoms with Crippen molar-refractivity contribution in [2.24, 2.45) is 0 Å². The number of halogens is 3. The molecule has 110 valence electrons. The maximum atomic E-state index is 14.3. The van der Waals surface area contributed by atoms with Crippen molar-refractivity contribution >= 4 is 23.2 Å². The molecule has 0 aliphatic carbocycles. The summed E-state index contributed by atoms with van der Waals surface area (Å²) in [5.41, 5.74) is 1.75. The van der Waals surface area contributed by atoms with Gasteiger partial charge in [0.2, 0.25) is 0 Å². The van der Waals surface area contributed by atoms with Crippen LogP contribution in [-0.2, 0) is 0 Å². The second kappa shape index (κ2) is 6.35. The summed E-state index contributed by atoms with van der Waals surface area (Å²) in [6.07, 6.45) is 0.859. The van der Waals surface area contributed by atoms with E-state index < -0.39 is 0 Å². The maximum absolute atomic E-state index is 14.3. The third-order valence-electron chi connectivity index (χ3n) is 4.13. The van der Waals surface area contributed by atoms with Crippen LogP contribution in [0, 0.1) is 5.82 Å². The Morgan fingerprint density at radius 1 is 1.05 bits per heavy atom. The molecule has 1 N–H and O–H groups in total. The third kappa shape index (κ3) is 3.08. The Morgan fingerprint density at radius 3 is 2.62 bits per heavy atom. The van der Waals surface area contributed by atoms with E-state index in [9.17, 15) is 4.39 Å². The summed E-state index contributed by atoms with van der Waals surface area (Å²) < 4.78 is 14.3. The van der Waals surface area contributed by atoms with Gasteiger partial charge < -0.3 is 5.32 Å². The van der Waals surface area contributed by atoms with Crippen LogP contribution in [0.2, 0.25) is 10.0 Å². The van der Waals surface area contributed by atoms with Crippen LogP contribution in [0.25, 0.3) is 0 Å². The first-order valence-electron chi connectivity index (χ1n) is 7.07. The molecule has 2 unspecified atom stereocenters. The van der Waals surface area contributed by atoms with E-state index >= 15 is 0 Å². The number of hydrogen-bond acceptors (Lipinski definition) is 1. The lowest BCUT2D eigenvalue weighted by atomic mass is 9.77. The van der Waals surface area contributed by atoms with Crippen molar-refractivity contribution in [3.8, 4) is 0 Å². The van der Waals surface area contributed by atoms with Gasteiger partial charge in [0.25, 0.3) is 0 Å². The van der Waals surface area contributed by atoms with E-state index in [1.54, 1.807) is 12.1 Å². The van der Waals surface area contributed by atoms with Crippen LogP contribution in [0.1, 0.15) is 29.4 Å². The van der Waals surface area contributed by atoms with Crippen LogP contribution in [0.15, 0.2) is 42.5 Å². The molecule has 1 heterocycles. The molecule has 2 aromatic carbocycles. The molecular weight excluding hydrogens is 308 g/mol. The zero-order valence-electron chi connectivity index (χ0n) is 11.5. The average molecular weight is 324 g/mol. The van der Waals surface area contributed by atoms with Gasteiger partial charge in [-0.3, -0.25) is 0 Å². The second-order valence-corrected chi connectivity index (χ2v) is 6.24. The van der Waals surface area contributed by atoms with Gasteiger partial charge in [-0.05, 0) is 48.7 Å². The lowest BCUT2D eigenvalue weighted by molar-refractivity contribution is 0.393. The summed E-state index contributed by atoms with van der Waals surface area (Å²) in [4.78, 5) is 0. The summed E-state index contributed by atoms with van der Waals surface area (Å²) in [5.74, 6) is 0.0201. The van der Waals surface area contributed by atoms with Crippen LogP contribution >= 0.6 is 23.2 Å². The molecule has 1 aliphatic rings. The van der Waals surface area contributed by atoms with Crippen LogP contribution in [-0.4, -0.2) is 13.1 Å². The topological polar surface area (TPSA) is 12.0 Å². The molecule has 0 radical (unpaired) electrons. The molecule has 4 heteroatoms. The SMILES string of the molecule is Fc1cccc(Cl)c1C1CCNCC1c1cccc(Cl)c1. The minimum absolute atomic E-state index is 0.0680. The van der Waals surface area contributed by atoms with E-state index in [2.05, 4.69) is 5.32 Å². The van der Waals surface area contributed by atoms with Gasteiger partial charge in [0.05, 0.1) is 0 Å². The Bertz CT molecular complexity index is 624. The van der Waals surface area contributed by atoms with Gasteiger partial charge in [-0.2, -0.15) is 0 Å². The lowest BCUT2D eigenvalue weighted by Gasteiger charge is -2.33. The van der Waals surface area contributed by atoms with Crippen molar-refractivity contribution in [1.82, 2.24) is 5.32 Å². The molecule has 2 aromatic rings. The molecule has 0 saturated carbocycles. The number of benzene rings is 2. The van der Waals surface area contributed by atoms with Gasteiger partial charge in [0.1, 0.15) is 5.82 Å². The van der Waals surface area contributed by atoms with Crippen molar-refractivity contribution in [3.05, 3.63) is 69.5 Å². The molecule has 0 bridgehead atoms. The lowest BCUT2D eigenvalue weighted by Crippen LogP contribution is -2.34. The molecule has 1 aliphatic heterocycles. The Labute approximate surface area is 134 Å². The largest absolute Gasteiger partial charge is 0.316 e. The maximum Gasteiger partial charge on any atom is 0.128 e. The Balaban J connectivity index is 2.02. The van der Waals surface area contributed by atoms with E-state index in [1.165, 1.54) is 6.07 Å². The van der Waals surface area contributed by atoms with Crippen molar-refractivity contribution in [3.63, 3.8) is 0 Å². The predicted octanol–water partition coefficient (Wildman–Crippen LogP) is 4.99. The summed E-state index contributed by atoms with van der Waals surface area (Å²) in [5, 5.41) is 4.60. The first kappa shape index (κ1) is 14.8. The normalized spacial score (nSPS) is 22.2. The minimum atomic E-state index is -0.221. The molecule has 3 rings (SSSR count). The summed E-state index contributed by atoms with van der Waals surface area (Å²) in [6, 6.07) is 12.7. The number of rotatable bonds is 2. The highest BCUT2D eigenvalue weighted by Gasteiger charge is 2.31. The fourth-order valence-electron chi connectivity index (χ4n) is 3.16. The molecule has 21 heavy (non-hydrogen) atoms. The Hall–Kier alpha value is -1.09. The number of hydrogen-bond donors (Lipinski definition) is 1. The van der Waals surface area contributed by atoms with Crippen LogP contribution in [0.4, 0.5) is 4.39 Å². The zero-order chi connectivity index (χ0) is 14.8. The molecule has 0 aromatic heterocycles. The van der Waals surface area contributed by atoms with Gasteiger partial charge in [0.15, 0.2) is 0 Å². The average Bonchev–Trinajstić information content (AvgIpc) is 2.47. The quantitative estimate of drug-likeness (QED) is 0.820. The summed E-state index contributed by atoms with van der Waals surface area (Å²) >= 11 is 12.4. The second-order valence-electron chi connectivity index (χ2n) is 5.40. The van der Waals surface area contributed by atoms with Gasteiger partial charge >= 0.3 is 0 Å². The molecule has 0 amide bonds. The standard InChI is InChI=1S/C17H16Cl2FN/c18-12-4-1-3-11(9-12)14-10-21-8-7-13(14)17-15(19)5-2-6-16(17)20/h1-6,9,13-14,21H,7-8,10H2. The van der Waals surface area contributed by atoms with Crippen molar-refractivity contribution in [2.75, 3.05) is 13.1 Å². The molecule has 2 atom stereocenters. The van der Waals surface area contributed by atoms with Crippen LogP contribution in [0.5, 0.6) is 0 Å². The first-order chi connectivity index (χ1) is 10.2. The predicted molar refractivity (Wildman–Crippen MR) is 85.8 cm³/mol. The molecular formula is C17H16Cl2FN. The van der Waals surface area contributed by atoms with E-state index in [0.717, 1.165) is 25.1 Å². The summed E-state index contributed by atoms with van der Waals surface area (Å²) in [7, 11) is 0. The molecule has 1 nitrogen and oxygen atoms in total. The zero-order valence-corrected chi connectivity index (χ0v) is 13.0. The van der Waals surface area contributed by atoms with E-state index in [4.69, 9.17) is 23.2 Å². The van der Waals surface area contributed by atoms with Gasteiger partial charge in [-0.1, -0.05) is 41.4 Å². The highest BCUT2D eigenvalue weighted by Crippen LogP contribution is 2.41. The number of piperidine rings is 1. The monoisotopic (exact) mass is 323 g/mol. The van der Waals surface area contributed by atoms with Crippen LogP contribution in [0.3, 0.4) is 0 Å². The fourth-order valence-corrected chi connectivity index (χ4v) is 3.66. The van der Waals surface area contributed by atoms with Gasteiger partial charge in [-0.15, -0.1) is 0 Å². The Morgan fingerprint density at radius 2 is 1.86 bits per heavy atom. The first-order valence-corrected chi connectivity index (χ1v) is 7.82. The van der Waals surface area contributed by atoms with Crippen LogP contribution < -0.4 is 5.32 Å². The van der Waals surface area contributed by atoms with Crippen molar-refractivity contribution in [1.29, 1.82) is 0 Å². The van der Waals surface area contributed by atoms with E-state index in [-0.39, 0.29) is 17.7 Å². The molecule has 0 spiro atoms. The highest BCUT2D eigenvalue weighted by molar-refractivity contribution is 6.31. The molecule has 1 saturated heterocycles. The Kier molecular flexibility index (Phi) is 4.48. The fraction of sp³-hybridized carbons (Fsp3) is 0.294. The molecule has 1 fully saturated rings. The third-order valence-corrected chi connectivity index (χ3v) is 4.69. The van der Waals surface area contributed by atoms with Crippen molar-refractivity contribution < 1.29 is 4.39 Å². The number of nitrogens with one attached hydrogen (secondary N) is 1. The van der Waals surface area contributed by atoms with Gasteiger partial charge in [0, 0.05) is 28.1 Å².